The Morgan fingerprint density at radius 3 is 2.34 bits per heavy atom. The lowest BCUT2D eigenvalue weighted by atomic mass is 10.1. The van der Waals surface area contributed by atoms with E-state index < -0.39 is 22.0 Å². The van der Waals surface area contributed by atoms with Gasteiger partial charge < -0.3 is 10.2 Å². The summed E-state index contributed by atoms with van der Waals surface area (Å²) in [5.74, 6) is -0.376. The van der Waals surface area contributed by atoms with Crippen molar-refractivity contribution < 1.29 is 32.6 Å². The third-order valence-electron chi connectivity index (χ3n) is 5.59. The molecule has 186 valence electrons. The minimum absolute atomic E-state index is 0.0452. The Balaban J connectivity index is 2.38. The van der Waals surface area contributed by atoms with Crippen molar-refractivity contribution in [2.24, 2.45) is 0 Å². The molecule has 0 radical (unpaired) electrons. The van der Waals surface area contributed by atoms with E-state index in [1.54, 1.807) is 9.48 Å². The second kappa shape index (κ2) is 16.3. The summed E-state index contributed by atoms with van der Waals surface area (Å²) in [6.45, 7) is 3.37. The number of aliphatic hydroxyl groups is 2. The number of β-amino-alcohol motifs (C(OH)–C–C–N with tert-alkyl or cyclic N) is 2. The van der Waals surface area contributed by atoms with Crippen LogP contribution in [0.15, 0.2) is 12.2 Å². The van der Waals surface area contributed by atoms with Gasteiger partial charge in [0.1, 0.15) is 38.0 Å². The molecular formula is C23H43N2O6S+. The zero-order chi connectivity index (χ0) is 23.8. The number of carbonyl (C=O) groups excluding carboxylic acids is 1. The van der Waals surface area contributed by atoms with E-state index >= 15 is 0 Å². The van der Waals surface area contributed by atoms with Crippen LogP contribution in [0.1, 0.15) is 77.6 Å². The van der Waals surface area contributed by atoms with Crippen molar-refractivity contribution in [3.05, 3.63) is 12.2 Å². The van der Waals surface area contributed by atoms with Gasteiger partial charge in [-0.25, -0.2) is 0 Å². The monoisotopic (exact) mass is 475 g/mol. The van der Waals surface area contributed by atoms with Crippen molar-refractivity contribution in [1.29, 1.82) is 0 Å². The Morgan fingerprint density at radius 2 is 1.72 bits per heavy atom. The number of unbranched alkanes of at least 4 members (excludes halogenated alkanes) is 8. The molecule has 0 aromatic rings. The maximum atomic E-state index is 12.8. The molecule has 1 atom stereocenters. The average Bonchev–Trinajstić information content (AvgIpc) is 3.09. The molecule has 32 heavy (non-hydrogen) atoms. The van der Waals surface area contributed by atoms with Crippen LogP contribution in [0.25, 0.3) is 0 Å². The van der Waals surface area contributed by atoms with Crippen LogP contribution in [-0.4, -0.2) is 88.9 Å². The fourth-order valence-electron chi connectivity index (χ4n) is 4.02. The summed E-state index contributed by atoms with van der Waals surface area (Å²) < 4.78 is 32.6. The van der Waals surface area contributed by atoms with Gasteiger partial charge in [-0.3, -0.25) is 18.8 Å². The van der Waals surface area contributed by atoms with Crippen molar-refractivity contribution in [3.63, 3.8) is 0 Å². The second-order valence-corrected chi connectivity index (χ2v) is 10.1. The van der Waals surface area contributed by atoms with Gasteiger partial charge >= 0.3 is 5.84 Å². The number of rotatable bonds is 19. The van der Waals surface area contributed by atoms with E-state index in [1.165, 1.54) is 38.5 Å². The third kappa shape index (κ3) is 12.7. The zero-order valence-electron chi connectivity index (χ0n) is 19.6. The van der Waals surface area contributed by atoms with Crippen LogP contribution in [0.5, 0.6) is 0 Å². The molecule has 0 aromatic heterocycles. The lowest BCUT2D eigenvalue weighted by molar-refractivity contribution is -0.525. The summed E-state index contributed by atoms with van der Waals surface area (Å²) in [7, 11) is -4.29. The van der Waals surface area contributed by atoms with Gasteiger partial charge in [-0.1, -0.05) is 57.6 Å². The predicted octanol–water partition coefficient (Wildman–Crippen LogP) is 2.39. The minimum atomic E-state index is -4.29. The van der Waals surface area contributed by atoms with E-state index in [2.05, 4.69) is 19.1 Å². The van der Waals surface area contributed by atoms with E-state index in [-0.39, 0.29) is 18.9 Å². The van der Waals surface area contributed by atoms with E-state index in [9.17, 15) is 23.4 Å². The number of aliphatic hydroxyl groups excluding tert-OH is 2. The molecule has 0 saturated carbocycles. The summed E-state index contributed by atoms with van der Waals surface area (Å²) in [6, 6.07) is 0. The molecule has 0 aliphatic carbocycles. The highest BCUT2D eigenvalue weighted by Crippen LogP contribution is 2.12. The van der Waals surface area contributed by atoms with Crippen molar-refractivity contribution >= 4 is 21.7 Å². The van der Waals surface area contributed by atoms with Crippen LogP contribution < -0.4 is 0 Å². The number of nitrogens with zero attached hydrogens (tertiary/aromatic N) is 2. The van der Waals surface area contributed by atoms with Gasteiger partial charge in [-0.05, 0) is 25.7 Å². The molecule has 8 nitrogen and oxygen atoms in total. The number of allylic oxidation sites excluding steroid dienone is 2. The standard InChI is InChI=1S/C23H42N2O6S/c1-2-3-4-5-6-7-8-9-10-11-12-13-14-22(28)23-24(17-18-26)15-16-25(23)19-21(27)20-32(29,30)31/h4-5,21,26-27H,2-3,6-20H2,1H3/p+1/b5-4+. The molecule has 0 saturated heterocycles. The SMILES string of the molecule is CCC/C=C/CCCCCCCCCC(=O)C1=[N+](CC(O)CS(=O)(=O)O)CCN1CCO. The van der Waals surface area contributed by atoms with E-state index in [0.29, 0.717) is 31.9 Å². The number of carbonyl (C=O) groups is 1. The lowest BCUT2D eigenvalue weighted by Gasteiger charge is -2.13. The van der Waals surface area contributed by atoms with Crippen LogP contribution in [-0.2, 0) is 14.9 Å². The largest absolute Gasteiger partial charge is 0.392 e. The van der Waals surface area contributed by atoms with Crippen LogP contribution in [0.2, 0.25) is 0 Å². The number of hydrogen-bond acceptors (Lipinski definition) is 6. The predicted molar refractivity (Wildman–Crippen MR) is 127 cm³/mol. The Bertz CT molecular complexity index is 705. The summed E-state index contributed by atoms with van der Waals surface area (Å²) in [4.78, 5) is 14.6. The molecule has 0 amide bonds. The smallest absolute Gasteiger partial charge is 0.316 e. The number of ketones is 1. The Morgan fingerprint density at radius 1 is 1.09 bits per heavy atom. The number of hydrogen-bond donors (Lipinski definition) is 3. The van der Waals surface area contributed by atoms with Crippen LogP contribution >= 0.6 is 0 Å². The first-order chi connectivity index (χ1) is 15.3. The Hall–Kier alpha value is -1.29. The first kappa shape index (κ1) is 28.7. The number of amidine groups is 1. The van der Waals surface area contributed by atoms with Crippen LogP contribution in [0.4, 0.5) is 0 Å². The third-order valence-corrected chi connectivity index (χ3v) is 6.40. The molecule has 0 spiro atoms. The van der Waals surface area contributed by atoms with Crippen molar-refractivity contribution in [2.75, 3.05) is 38.5 Å². The summed E-state index contributed by atoms with van der Waals surface area (Å²) in [5, 5.41) is 19.3. The molecule has 1 aliphatic heterocycles. The maximum absolute atomic E-state index is 12.8. The van der Waals surface area contributed by atoms with E-state index in [1.807, 2.05) is 0 Å². The van der Waals surface area contributed by atoms with Gasteiger partial charge in [0.05, 0.1) is 6.61 Å². The first-order valence-corrected chi connectivity index (χ1v) is 13.7. The minimum Gasteiger partial charge on any atom is -0.392 e. The van der Waals surface area contributed by atoms with Crippen molar-refractivity contribution in [2.45, 2.75) is 83.7 Å². The quantitative estimate of drug-likeness (QED) is 0.114. The average molecular weight is 476 g/mol. The molecule has 9 heteroatoms. The van der Waals surface area contributed by atoms with Gasteiger partial charge in [0, 0.05) is 6.42 Å². The molecule has 0 aromatic carbocycles. The molecular weight excluding hydrogens is 432 g/mol. The highest BCUT2D eigenvalue weighted by atomic mass is 32.2. The number of Topliss-reactive ketones (excluding diaryl/α,β-unsaturated/α-hetero) is 1. The van der Waals surface area contributed by atoms with Gasteiger partial charge in [0.25, 0.3) is 10.1 Å². The molecule has 3 N–H and O–H groups in total. The highest BCUT2D eigenvalue weighted by Gasteiger charge is 2.36. The second-order valence-electron chi connectivity index (χ2n) is 8.58. The summed E-state index contributed by atoms with van der Waals surface area (Å²) in [5.41, 5.74) is 0. The molecule has 1 unspecified atom stereocenters. The lowest BCUT2D eigenvalue weighted by Crippen LogP contribution is -2.40. The Labute approximate surface area is 193 Å². The van der Waals surface area contributed by atoms with E-state index in [0.717, 1.165) is 25.7 Å². The fourth-order valence-corrected chi connectivity index (χ4v) is 4.61. The highest BCUT2D eigenvalue weighted by molar-refractivity contribution is 7.85. The van der Waals surface area contributed by atoms with Crippen LogP contribution in [0.3, 0.4) is 0 Å². The van der Waals surface area contributed by atoms with Crippen LogP contribution in [0, 0.1) is 0 Å². The Kier molecular flexibility index (Phi) is 14.7. The van der Waals surface area contributed by atoms with Gasteiger partial charge in [-0.15, -0.1) is 0 Å². The molecule has 1 rings (SSSR count). The summed E-state index contributed by atoms with van der Waals surface area (Å²) >= 11 is 0. The van der Waals surface area contributed by atoms with Gasteiger partial charge in [0.2, 0.25) is 5.78 Å². The normalized spacial score (nSPS) is 15.8. The van der Waals surface area contributed by atoms with Gasteiger partial charge in [-0.2, -0.15) is 8.42 Å². The molecule has 0 fully saturated rings. The first-order valence-electron chi connectivity index (χ1n) is 12.1. The summed E-state index contributed by atoms with van der Waals surface area (Å²) in [6.07, 6.45) is 14.9. The van der Waals surface area contributed by atoms with Gasteiger partial charge in [0.15, 0.2) is 0 Å². The molecule has 0 bridgehead atoms. The zero-order valence-corrected chi connectivity index (χ0v) is 20.4. The fraction of sp³-hybridized carbons (Fsp3) is 0.826. The maximum Gasteiger partial charge on any atom is 0.316 e. The van der Waals surface area contributed by atoms with Crippen molar-refractivity contribution in [1.82, 2.24) is 4.90 Å². The molecule has 1 heterocycles. The molecule has 1 aliphatic rings. The van der Waals surface area contributed by atoms with E-state index in [4.69, 9.17) is 4.55 Å². The van der Waals surface area contributed by atoms with Crippen molar-refractivity contribution in [3.8, 4) is 0 Å². The topological polar surface area (TPSA) is 118 Å².